The number of phenols is 1. The molecule has 0 aliphatic carbocycles. The summed E-state index contributed by atoms with van der Waals surface area (Å²) in [7, 11) is 0. The van der Waals surface area contributed by atoms with Crippen LogP contribution in [0.25, 0.3) is 0 Å². The number of hydrogen-bond donors (Lipinski definition) is 17. The summed E-state index contributed by atoms with van der Waals surface area (Å²) in [5.74, 6) is -10.6. The molecule has 3 aromatic carbocycles. The molecule has 0 radical (unpaired) electrons. The van der Waals surface area contributed by atoms with E-state index in [2.05, 4.69) is 57.8 Å². The molecule has 33 heteroatoms. The largest absolute Gasteiger partial charge is 0.508 e. The van der Waals surface area contributed by atoms with Crippen molar-refractivity contribution in [1.29, 1.82) is 0 Å². The number of likely N-dealkylation sites (tertiary alicyclic amines) is 2. The van der Waals surface area contributed by atoms with Crippen molar-refractivity contribution in [3.05, 3.63) is 102 Å². The lowest BCUT2D eigenvalue weighted by Crippen LogP contribution is -2.61. The molecular weight excluding hydrogens is 1320 g/mol. The number of rotatable bonds is 40. The van der Waals surface area contributed by atoms with Gasteiger partial charge in [0.15, 0.2) is 11.9 Å². The molecule has 2 saturated heterocycles. The zero-order chi connectivity index (χ0) is 75.2. The molecule has 5 rings (SSSR count). The van der Waals surface area contributed by atoms with Crippen molar-refractivity contribution in [2.75, 3.05) is 39.3 Å². The Kier molecular flexibility index (Phi) is 33.3. The third kappa shape index (κ3) is 26.6. The van der Waals surface area contributed by atoms with Gasteiger partial charge in [0.2, 0.25) is 70.9 Å². The molecule has 2 aliphatic rings. The monoisotopic (exact) mass is 1420 g/mol. The molecule has 2 aliphatic heterocycles. The molecule has 0 saturated carbocycles. The second kappa shape index (κ2) is 41.3. The van der Waals surface area contributed by atoms with Gasteiger partial charge in [0.1, 0.15) is 66.2 Å². The zero-order valence-corrected chi connectivity index (χ0v) is 58.6. The van der Waals surface area contributed by atoms with Crippen LogP contribution in [-0.4, -0.2) is 209 Å². The number of carbonyl (C=O) groups is 12. The Labute approximate surface area is 593 Å². The molecule has 558 valence electrons. The lowest BCUT2D eigenvalue weighted by molar-refractivity contribution is -0.143. The normalized spacial score (nSPS) is 17.0. The first-order valence-corrected chi connectivity index (χ1v) is 34.4. The number of carbonyl (C=O) groups excluding carboxylic acids is 12. The van der Waals surface area contributed by atoms with E-state index in [1.165, 1.54) is 41.0 Å². The van der Waals surface area contributed by atoms with Gasteiger partial charge in [0.25, 0.3) is 0 Å². The van der Waals surface area contributed by atoms with Gasteiger partial charge in [0, 0.05) is 39.0 Å². The third-order valence-corrected chi connectivity index (χ3v) is 17.5. The van der Waals surface area contributed by atoms with Crippen LogP contribution in [-0.2, 0) is 76.8 Å². The number of primary amides is 1. The highest BCUT2D eigenvalue weighted by molar-refractivity contribution is 6.00. The maximum atomic E-state index is 15.0. The Morgan fingerprint density at radius 1 is 0.520 bits per heavy atom. The van der Waals surface area contributed by atoms with Gasteiger partial charge in [-0.3, -0.25) is 67.5 Å². The fourth-order valence-corrected chi connectivity index (χ4v) is 11.8. The van der Waals surface area contributed by atoms with E-state index in [-0.39, 0.29) is 114 Å². The van der Waals surface area contributed by atoms with E-state index < -0.39 is 156 Å². The minimum atomic E-state index is -1.50. The van der Waals surface area contributed by atoms with Gasteiger partial charge in [-0.1, -0.05) is 107 Å². The number of aromatic hydroxyl groups is 1. The van der Waals surface area contributed by atoms with Crippen LogP contribution in [0.2, 0.25) is 0 Å². The first kappa shape index (κ1) is 82.2. The Morgan fingerprint density at radius 3 is 1.48 bits per heavy atom. The molecular formula is C69H103N19O14. The van der Waals surface area contributed by atoms with Crippen molar-refractivity contribution in [3.63, 3.8) is 0 Å². The van der Waals surface area contributed by atoms with Crippen molar-refractivity contribution >= 4 is 82.8 Å². The molecule has 12 unspecified atom stereocenters. The van der Waals surface area contributed by atoms with Crippen molar-refractivity contribution in [2.45, 2.75) is 185 Å². The quantitative estimate of drug-likeness (QED) is 0.0149. The minimum absolute atomic E-state index is 0.00492. The van der Waals surface area contributed by atoms with E-state index in [4.69, 9.17) is 34.4 Å². The number of nitrogens with two attached hydrogens (primary N) is 6. The number of aliphatic hydroxyl groups is 1. The van der Waals surface area contributed by atoms with Crippen LogP contribution in [0.15, 0.2) is 94.9 Å². The minimum Gasteiger partial charge on any atom is -0.508 e. The summed E-state index contributed by atoms with van der Waals surface area (Å²) in [6.45, 7) is 7.36. The second-order valence-electron chi connectivity index (χ2n) is 26.1. The molecule has 33 nitrogen and oxygen atoms in total. The topological polar surface area (TPSA) is 541 Å². The van der Waals surface area contributed by atoms with E-state index in [9.17, 15) is 67.7 Å². The van der Waals surface area contributed by atoms with E-state index >= 15 is 0 Å². The summed E-state index contributed by atoms with van der Waals surface area (Å²) in [4.78, 5) is 179. The Morgan fingerprint density at radius 2 is 0.971 bits per heavy atom. The van der Waals surface area contributed by atoms with Gasteiger partial charge < -0.3 is 102 Å². The number of aliphatic hydroxyl groups excluding tert-OH is 1. The number of aliphatic imine (C=N–C) groups is 2. The SMILES string of the molecule is CCC(C)C(NC(=O)C1CCCN1C(=O)C(CC(C)C)NC(=O)C(Cc1ccccc1)NC(=O)CNC(=O)C(N)Cc1ccccc1)C(=O)NC(Cc1ccc(O)cc1)C(=O)NC(CCCN=C(N)N)C(=O)NC(CCCN=C(N)N)C(=O)N1CCCC1C(=O)NC(C)C(=O)NC(CO)C(N)=O. The van der Waals surface area contributed by atoms with Gasteiger partial charge in [-0.2, -0.15) is 0 Å². The molecule has 0 spiro atoms. The molecule has 12 atom stereocenters. The van der Waals surface area contributed by atoms with Crippen LogP contribution < -0.4 is 82.3 Å². The number of benzene rings is 3. The molecule has 0 bridgehead atoms. The summed E-state index contributed by atoms with van der Waals surface area (Å²) < 4.78 is 0. The predicted octanol–water partition coefficient (Wildman–Crippen LogP) is -3.58. The van der Waals surface area contributed by atoms with Gasteiger partial charge in [0.05, 0.1) is 19.2 Å². The zero-order valence-electron chi connectivity index (χ0n) is 58.6. The van der Waals surface area contributed by atoms with Gasteiger partial charge in [-0.15, -0.1) is 0 Å². The summed E-state index contributed by atoms with van der Waals surface area (Å²) in [6.07, 6.45) is 1.44. The smallest absolute Gasteiger partial charge is 0.245 e. The van der Waals surface area contributed by atoms with Crippen LogP contribution in [0.4, 0.5) is 0 Å². The molecule has 0 aromatic heterocycles. The number of phenolic OH excluding ortho intramolecular Hbond substituents is 1. The van der Waals surface area contributed by atoms with Crippen molar-refractivity contribution in [1.82, 2.24) is 57.7 Å². The van der Waals surface area contributed by atoms with Crippen LogP contribution in [0.5, 0.6) is 5.75 Å². The fraction of sp³-hybridized carbons (Fsp3) is 0.536. The average molecular weight is 1420 g/mol. The maximum absolute atomic E-state index is 15.0. The second-order valence-corrected chi connectivity index (χ2v) is 26.1. The molecule has 3 aromatic rings. The first-order valence-electron chi connectivity index (χ1n) is 34.4. The third-order valence-electron chi connectivity index (χ3n) is 17.5. The summed E-state index contributed by atoms with van der Waals surface area (Å²) >= 11 is 0. The summed E-state index contributed by atoms with van der Waals surface area (Å²) in [5, 5.41) is 43.7. The lowest BCUT2D eigenvalue weighted by Gasteiger charge is -2.32. The Bertz CT molecular complexity index is 3390. The van der Waals surface area contributed by atoms with E-state index in [0.29, 0.717) is 30.4 Å². The molecule has 2 fully saturated rings. The van der Waals surface area contributed by atoms with Gasteiger partial charge >= 0.3 is 0 Å². The maximum Gasteiger partial charge on any atom is 0.245 e. The fourth-order valence-electron chi connectivity index (χ4n) is 11.8. The van der Waals surface area contributed by atoms with Crippen LogP contribution in [0.3, 0.4) is 0 Å². The van der Waals surface area contributed by atoms with Gasteiger partial charge in [-0.25, -0.2) is 0 Å². The predicted molar refractivity (Wildman–Crippen MR) is 379 cm³/mol. The molecule has 102 heavy (non-hydrogen) atoms. The molecule has 12 amide bonds. The van der Waals surface area contributed by atoms with E-state index in [1.54, 1.807) is 44.2 Å². The molecule has 23 N–H and O–H groups in total. The lowest BCUT2D eigenvalue weighted by atomic mass is 9.96. The number of nitrogens with zero attached hydrogens (tertiary/aromatic N) is 4. The number of hydrogen-bond acceptors (Lipinski definition) is 17. The Hall–Kier alpha value is -10.4. The van der Waals surface area contributed by atoms with E-state index in [0.717, 1.165) is 5.56 Å². The first-order chi connectivity index (χ1) is 48.5. The average Bonchev–Trinajstić information content (AvgIpc) is 1.57. The molecule has 2 heterocycles. The van der Waals surface area contributed by atoms with Crippen molar-refractivity contribution in [2.24, 2.45) is 56.2 Å². The van der Waals surface area contributed by atoms with Crippen molar-refractivity contribution in [3.8, 4) is 5.75 Å². The van der Waals surface area contributed by atoms with Crippen molar-refractivity contribution < 1.29 is 67.7 Å². The van der Waals surface area contributed by atoms with Gasteiger partial charge in [-0.05, 0) is 112 Å². The highest BCUT2D eigenvalue weighted by Crippen LogP contribution is 2.24. The standard InChI is InChI=1S/C69H103N19O14/c1-6-40(4)56(86-64(99)54-24-16-32-88(54)67(102)51(33-39(2)3)84-61(96)49(35-43-19-11-8-12-20-43)80-55(91)37-78-59(94)46(70)34-42-17-9-7-10-18-42)65(100)83-50(36-44-25-27-45(90)28-26-44)62(97)81-47(21-13-29-76-68(72)73)60(95)82-48(22-14-30-77-69(74)75)66(101)87-31-15-23-53(87)63(98)79-41(5)58(93)85-52(38-89)57(71)92/h7-12,17-20,25-28,39-41,46-54,56,89-90H,6,13-16,21-24,29-38,70H2,1-5H3,(H2,71,92)(H,78,94)(H,79,98)(H,80,91)(H,81,97)(H,82,95)(H,83,100)(H,84,96)(H,85,93)(H,86,99)(H4,72,73,76)(H4,74,75,77). The summed E-state index contributed by atoms with van der Waals surface area (Å²) in [5.41, 5.74) is 35.8. The number of amides is 12. The van der Waals surface area contributed by atoms with Crippen LogP contribution >= 0.6 is 0 Å². The van der Waals surface area contributed by atoms with Crippen LogP contribution in [0, 0.1) is 11.8 Å². The number of guanidine groups is 2. The summed E-state index contributed by atoms with van der Waals surface area (Å²) in [6, 6.07) is 9.67. The van der Waals surface area contributed by atoms with E-state index in [1.807, 2.05) is 44.2 Å². The highest BCUT2D eigenvalue weighted by Gasteiger charge is 2.43. The van der Waals surface area contributed by atoms with Crippen LogP contribution in [0.1, 0.15) is 116 Å². The Balaban J connectivity index is 1.37. The number of nitrogens with one attached hydrogen (secondary N) is 9. The highest BCUT2D eigenvalue weighted by atomic mass is 16.3.